The summed E-state index contributed by atoms with van der Waals surface area (Å²) in [5.74, 6) is 1.35. The van der Waals surface area contributed by atoms with Crippen molar-refractivity contribution in [1.29, 1.82) is 0 Å². The third-order valence-corrected chi connectivity index (χ3v) is 4.25. The van der Waals surface area contributed by atoms with E-state index < -0.39 is 0 Å². The molecule has 2 heterocycles. The Morgan fingerprint density at radius 1 is 0.897 bits per heavy atom. The fraction of sp³-hybridized carbons (Fsp3) is 0.143. The molecule has 146 valence electrons. The number of amides is 1. The van der Waals surface area contributed by atoms with E-state index in [2.05, 4.69) is 20.6 Å². The first-order valence-electron chi connectivity index (χ1n) is 8.99. The highest BCUT2D eigenvalue weighted by Crippen LogP contribution is 2.32. The van der Waals surface area contributed by atoms with Crippen LogP contribution in [0.25, 0.3) is 0 Å². The fourth-order valence-corrected chi connectivity index (χ4v) is 2.76. The van der Waals surface area contributed by atoms with Crippen molar-refractivity contribution >= 4 is 28.9 Å². The van der Waals surface area contributed by atoms with E-state index in [1.807, 2.05) is 0 Å². The van der Waals surface area contributed by atoms with E-state index in [0.717, 1.165) is 5.69 Å². The van der Waals surface area contributed by atoms with Gasteiger partial charge < -0.3 is 20.1 Å². The van der Waals surface area contributed by atoms with Gasteiger partial charge in [-0.25, -0.2) is 9.97 Å². The molecule has 8 heteroatoms. The second-order valence-electron chi connectivity index (χ2n) is 6.36. The molecule has 1 aliphatic rings. The predicted molar refractivity (Wildman–Crippen MR) is 107 cm³/mol. The second-order valence-corrected chi connectivity index (χ2v) is 6.36. The lowest BCUT2D eigenvalue weighted by Crippen LogP contribution is -2.17. The molecule has 4 rings (SSSR count). The molecule has 0 saturated carbocycles. The first-order valence-corrected chi connectivity index (χ1v) is 8.99. The highest BCUT2D eigenvalue weighted by molar-refractivity contribution is 6.02. The van der Waals surface area contributed by atoms with Crippen LogP contribution in [-0.4, -0.2) is 34.9 Å². The Balaban J connectivity index is 1.40. The molecule has 0 atom stereocenters. The maximum atomic E-state index is 12.4. The number of carbonyl (C=O) groups is 2. The van der Waals surface area contributed by atoms with Crippen LogP contribution >= 0.6 is 0 Å². The van der Waals surface area contributed by atoms with Gasteiger partial charge in [0.1, 0.15) is 24.7 Å². The van der Waals surface area contributed by atoms with Gasteiger partial charge in [-0.3, -0.25) is 9.59 Å². The van der Waals surface area contributed by atoms with Crippen molar-refractivity contribution in [2.75, 3.05) is 23.8 Å². The minimum atomic E-state index is -0.383. The summed E-state index contributed by atoms with van der Waals surface area (Å²) in [6.07, 6.45) is 2.86. The van der Waals surface area contributed by atoms with Crippen LogP contribution in [0.4, 0.5) is 17.2 Å². The Bertz CT molecular complexity index is 1050. The van der Waals surface area contributed by atoms with E-state index in [1.54, 1.807) is 42.5 Å². The molecule has 1 amide bonds. The van der Waals surface area contributed by atoms with E-state index in [1.165, 1.54) is 19.3 Å². The molecule has 8 nitrogen and oxygen atoms in total. The molecule has 0 bridgehead atoms. The number of fused-ring (bicyclic) bond motifs is 1. The second kappa shape index (κ2) is 7.97. The molecule has 0 radical (unpaired) electrons. The number of hydrogen-bond donors (Lipinski definition) is 2. The Hall–Kier alpha value is -3.94. The molecule has 29 heavy (non-hydrogen) atoms. The van der Waals surface area contributed by atoms with Crippen molar-refractivity contribution < 1.29 is 19.1 Å². The summed E-state index contributed by atoms with van der Waals surface area (Å²) in [4.78, 5) is 32.1. The molecule has 2 aromatic carbocycles. The number of hydrogen-bond acceptors (Lipinski definition) is 7. The zero-order valence-electron chi connectivity index (χ0n) is 15.6. The van der Waals surface area contributed by atoms with E-state index in [4.69, 9.17) is 9.47 Å². The summed E-state index contributed by atoms with van der Waals surface area (Å²) in [7, 11) is 0. The molecular formula is C21H18N4O4. The third-order valence-electron chi connectivity index (χ3n) is 4.25. The van der Waals surface area contributed by atoms with Gasteiger partial charge in [0.05, 0.1) is 12.4 Å². The molecule has 0 aliphatic carbocycles. The number of Topliss-reactive ketones (excluding diaryl/α,β-unsaturated/α-hetero) is 1. The largest absolute Gasteiger partial charge is 0.486 e. The molecule has 2 N–H and O–H groups in total. The van der Waals surface area contributed by atoms with Gasteiger partial charge in [-0.05, 0) is 43.3 Å². The number of carbonyl (C=O) groups excluding carboxylic acids is 2. The standard InChI is InChI=1S/C21H18N4O4/c1-13(26)14-2-4-15(5-3-14)24-20-12-22-17(11-23-20)21(27)25-16-6-7-18-19(10-16)29-9-8-28-18/h2-7,10-12H,8-9H2,1H3,(H,23,24)(H,25,27). The maximum absolute atomic E-state index is 12.4. The monoisotopic (exact) mass is 390 g/mol. The number of nitrogens with zero attached hydrogens (tertiary/aromatic N) is 2. The van der Waals surface area contributed by atoms with Crippen molar-refractivity contribution in [2.24, 2.45) is 0 Å². The molecule has 1 aliphatic heterocycles. The van der Waals surface area contributed by atoms with E-state index in [9.17, 15) is 9.59 Å². The smallest absolute Gasteiger partial charge is 0.275 e. The van der Waals surface area contributed by atoms with Gasteiger partial charge in [-0.2, -0.15) is 0 Å². The number of ketones is 1. The Labute approximate surface area is 166 Å². The number of rotatable bonds is 5. The Morgan fingerprint density at radius 2 is 1.62 bits per heavy atom. The molecule has 1 aromatic heterocycles. The first-order chi connectivity index (χ1) is 14.1. The zero-order valence-corrected chi connectivity index (χ0v) is 15.6. The summed E-state index contributed by atoms with van der Waals surface area (Å²) in [5.41, 5.74) is 2.15. The summed E-state index contributed by atoms with van der Waals surface area (Å²) in [5, 5.41) is 5.84. The van der Waals surface area contributed by atoms with Crippen LogP contribution in [0.2, 0.25) is 0 Å². The molecule has 0 fully saturated rings. The van der Waals surface area contributed by atoms with E-state index >= 15 is 0 Å². The van der Waals surface area contributed by atoms with Gasteiger partial charge in [0, 0.05) is 23.0 Å². The summed E-state index contributed by atoms with van der Waals surface area (Å²) in [6.45, 7) is 2.50. The van der Waals surface area contributed by atoms with Crippen LogP contribution in [0, 0.1) is 0 Å². The molecule has 0 saturated heterocycles. The van der Waals surface area contributed by atoms with Crippen LogP contribution in [0.1, 0.15) is 27.8 Å². The number of benzene rings is 2. The van der Waals surface area contributed by atoms with Gasteiger partial charge in [0.25, 0.3) is 5.91 Å². The topological polar surface area (TPSA) is 102 Å². The maximum Gasteiger partial charge on any atom is 0.275 e. The van der Waals surface area contributed by atoms with Crippen LogP contribution in [-0.2, 0) is 0 Å². The summed E-state index contributed by atoms with van der Waals surface area (Å²) >= 11 is 0. The highest BCUT2D eigenvalue weighted by atomic mass is 16.6. The van der Waals surface area contributed by atoms with Crippen LogP contribution in [0.15, 0.2) is 54.9 Å². The first kappa shape index (κ1) is 18.4. The van der Waals surface area contributed by atoms with E-state index in [-0.39, 0.29) is 17.4 Å². The van der Waals surface area contributed by atoms with Gasteiger partial charge in [-0.15, -0.1) is 0 Å². The average molecular weight is 390 g/mol. The number of nitrogens with one attached hydrogen (secondary N) is 2. The minimum Gasteiger partial charge on any atom is -0.486 e. The Kier molecular flexibility index (Phi) is 5.07. The van der Waals surface area contributed by atoms with Gasteiger partial charge in [0.2, 0.25) is 0 Å². The van der Waals surface area contributed by atoms with Crippen LogP contribution in [0.5, 0.6) is 11.5 Å². The van der Waals surface area contributed by atoms with Crippen molar-refractivity contribution in [3.8, 4) is 11.5 Å². The fourth-order valence-electron chi connectivity index (χ4n) is 2.76. The highest BCUT2D eigenvalue weighted by Gasteiger charge is 2.14. The number of ether oxygens (including phenoxy) is 2. The molecule has 0 unspecified atom stereocenters. The lowest BCUT2D eigenvalue weighted by Gasteiger charge is -2.18. The minimum absolute atomic E-state index is 0.00437. The summed E-state index contributed by atoms with van der Waals surface area (Å²) < 4.78 is 11.0. The zero-order chi connectivity index (χ0) is 20.2. The van der Waals surface area contributed by atoms with E-state index in [0.29, 0.717) is 41.8 Å². The van der Waals surface area contributed by atoms with Crippen molar-refractivity contribution in [3.63, 3.8) is 0 Å². The third kappa shape index (κ3) is 4.32. The average Bonchev–Trinajstić information content (AvgIpc) is 2.74. The number of aromatic nitrogens is 2. The molecular weight excluding hydrogens is 372 g/mol. The van der Waals surface area contributed by atoms with Gasteiger partial charge in [0.15, 0.2) is 17.3 Å². The molecule has 3 aromatic rings. The van der Waals surface area contributed by atoms with Crippen LogP contribution in [0.3, 0.4) is 0 Å². The molecule has 0 spiro atoms. The van der Waals surface area contributed by atoms with Gasteiger partial charge >= 0.3 is 0 Å². The van der Waals surface area contributed by atoms with Crippen LogP contribution < -0.4 is 20.1 Å². The van der Waals surface area contributed by atoms with Crippen molar-refractivity contribution in [3.05, 3.63) is 66.1 Å². The SMILES string of the molecule is CC(=O)c1ccc(Nc2cnc(C(=O)Nc3ccc4c(c3)OCCO4)cn2)cc1. The predicted octanol–water partition coefficient (Wildman–Crippen LogP) is 3.45. The van der Waals surface area contributed by atoms with Crippen molar-refractivity contribution in [1.82, 2.24) is 9.97 Å². The quantitative estimate of drug-likeness (QED) is 0.643. The Morgan fingerprint density at radius 3 is 2.31 bits per heavy atom. The van der Waals surface area contributed by atoms with Crippen molar-refractivity contribution in [2.45, 2.75) is 6.92 Å². The lowest BCUT2D eigenvalue weighted by atomic mass is 10.1. The summed E-state index contributed by atoms with van der Waals surface area (Å²) in [6, 6.07) is 12.2. The normalized spacial score (nSPS) is 12.2. The number of anilines is 3. The van der Waals surface area contributed by atoms with Gasteiger partial charge in [-0.1, -0.05) is 0 Å². The lowest BCUT2D eigenvalue weighted by molar-refractivity contribution is 0.101.